The summed E-state index contributed by atoms with van der Waals surface area (Å²) in [7, 11) is 0. The van der Waals surface area contributed by atoms with Gasteiger partial charge in [-0.3, -0.25) is 14.6 Å². The van der Waals surface area contributed by atoms with Crippen LogP contribution in [-0.2, 0) is 17.5 Å². The van der Waals surface area contributed by atoms with Gasteiger partial charge in [0, 0.05) is 43.4 Å². The van der Waals surface area contributed by atoms with Gasteiger partial charge in [-0.2, -0.15) is 18.3 Å². The highest BCUT2D eigenvalue weighted by atomic mass is 19.4. The Bertz CT molecular complexity index is 1650. The number of nitrogens with two attached hydrogens (primary N) is 1. The van der Waals surface area contributed by atoms with Crippen molar-refractivity contribution in [2.45, 2.75) is 51.2 Å². The van der Waals surface area contributed by atoms with Gasteiger partial charge in [-0.1, -0.05) is 44.0 Å². The van der Waals surface area contributed by atoms with Gasteiger partial charge in [-0.25, -0.2) is 9.07 Å². The Kier molecular flexibility index (Phi) is 9.62. The third-order valence-electron chi connectivity index (χ3n) is 7.91. The van der Waals surface area contributed by atoms with Gasteiger partial charge in [0.2, 0.25) is 5.91 Å². The van der Waals surface area contributed by atoms with Crippen molar-refractivity contribution in [2.24, 2.45) is 17.6 Å². The lowest BCUT2D eigenvalue weighted by Crippen LogP contribution is -2.31. The Hall–Kier alpha value is -4.58. The maximum Gasteiger partial charge on any atom is 0.435 e. The first kappa shape index (κ1) is 31.8. The molecule has 236 valence electrons. The smallest absolute Gasteiger partial charge is 0.356 e. The Morgan fingerprint density at radius 3 is 2.56 bits per heavy atom. The summed E-state index contributed by atoms with van der Waals surface area (Å²) in [6.07, 6.45) is 2.14. The lowest BCUT2D eigenvalue weighted by molar-refractivity contribution is -0.141. The van der Waals surface area contributed by atoms with Gasteiger partial charge in [0.1, 0.15) is 11.5 Å². The highest BCUT2D eigenvalue weighted by Gasteiger charge is 2.36. The molecule has 2 aromatic heterocycles. The fourth-order valence-electron chi connectivity index (χ4n) is 5.32. The topological polar surface area (TPSA) is 115 Å². The van der Waals surface area contributed by atoms with Gasteiger partial charge in [-0.05, 0) is 65.8 Å². The number of halogens is 4. The van der Waals surface area contributed by atoms with E-state index >= 15 is 4.39 Å². The van der Waals surface area contributed by atoms with Gasteiger partial charge in [-0.15, -0.1) is 0 Å². The molecule has 4 N–H and O–H groups in total. The van der Waals surface area contributed by atoms with Gasteiger partial charge in [0.25, 0.3) is 5.91 Å². The largest absolute Gasteiger partial charge is 0.435 e. The maximum absolute atomic E-state index is 15.1. The SMILES string of the molecule is CC(CC1CC1)C(=O)NCCC(c1cccnc1)c1ccc(F)c(NC(=O)c2cc(C(F)(F)F)nn2-c2cccc(CN)c2)c1. The third-order valence-corrected chi connectivity index (χ3v) is 7.91. The van der Waals surface area contributed by atoms with Crippen LogP contribution in [0.1, 0.15) is 71.4 Å². The van der Waals surface area contributed by atoms with E-state index in [0.717, 1.165) is 29.5 Å². The molecule has 0 spiro atoms. The number of rotatable bonds is 12. The standard InChI is InChI=1S/C33H34F4N6O2/c1-20(14-21-7-8-21)31(44)40-13-11-26(24-5-3-12-39-19-24)23-9-10-27(34)28(16-23)41-32(45)29-17-30(33(35,36)37)42-43(29)25-6-2-4-22(15-25)18-38/h2-6,9-10,12,15-17,19-21,26H,7-8,11,13-14,18,38H2,1H3,(H,40,44)(H,41,45). The van der Waals surface area contributed by atoms with Crippen molar-refractivity contribution in [2.75, 3.05) is 11.9 Å². The molecule has 2 unspecified atom stereocenters. The summed E-state index contributed by atoms with van der Waals surface area (Å²) >= 11 is 0. The predicted molar refractivity (Wildman–Crippen MR) is 161 cm³/mol. The van der Waals surface area contributed by atoms with E-state index in [2.05, 4.69) is 20.7 Å². The van der Waals surface area contributed by atoms with Crippen LogP contribution in [0.2, 0.25) is 0 Å². The molecule has 0 bridgehead atoms. The highest BCUT2D eigenvalue weighted by Crippen LogP contribution is 2.35. The zero-order chi connectivity index (χ0) is 32.1. The number of pyridine rings is 1. The number of carbonyl (C=O) groups is 2. The molecule has 1 saturated carbocycles. The first-order chi connectivity index (χ1) is 21.5. The van der Waals surface area contributed by atoms with Gasteiger partial charge in [0.15, 0.2) is 5.69 Å². The fraction of sp³-hybridized carbons (Fsp3) is 0.333. The van der Waals surface area contributed by atoms with Gasteiger partial charge in [0.05, 0.1) is 11.4 Å². The molecule has 2 heterocycles. The molecule has 5 rings (SSSR count). The number of hydrogen-bond acceptors (Lipinski definition) is 5. The van der Waals surface area contributed by atoms with Crippen LogP contribution in [0.25, 0.3) is 5.69 Å². The lowest BCUT2D eigenvalue weighted by Gasteiger charge is -2.20. The number of amides is 2. The summed E-state index contributed by atoms with van der Waals surface area (Å²) < 4.78 is 56.9. The summed E-state index contributed by atoms with van der Waals surface area (Å²) in [5.41, 5.74) is 6.02. The van der Waals surface area contributed by atoms with E-state index in [1.54, 1.807) is 36.7 Å². The first-order valence-electron chi connectivity index (χ1n) is 14.8. The maximum atomic E-state index is 15.1. The van der Waals surface area contributed by atoms with Crippen LogP contribution in [0.5, 0.6) is 0 Å². The predicted octanol–water partition coefficient (Wildman–Crippen LogP) is 6.21. The summed E-state index contributed by atoms with van der Waals surface area (Å²) in [6.45, 7) is 2.40. The zero-order valence-corrected chi connectivity index (χ0v) is 24.7. The van der Waals surface area contributed by atoms with Crippen LogP contribution in [0.3, 0.4) is 0 Å². The van der Waals surface area contributed by atoms with Crippen molar-refractivity contribution >= 4 is 17.5 Å². The van der Waals surface area contributed by atoms with Gasteiger partial charge >= 0.3 is 6.18 Å². The van der Waals surface area contributed by atoms with E-state index in [9.17, 15) is 22.8 Å². The average molecular weight is 623 g/mol. The molecule has 2 aromatic carbocycles. The van der Waals surface area contributed by atoms with E-state index in [-0.39, 0.29) is 35.7 Å². The lowest BCUT2D eigenvalue weighted by atomic mass is 9.89. The molecule has 1 aliphatic carbocycles. The Morgan fingerprint density at radius 1 is 1.07 bits per heavy atom. The summed E-state index contributed by atoms with van der Waals surface area (Å²) in [5.74, 6) is -1.57. The van der Waals surface area contributed by atoms with E-state index in [0.29, 0.717) is 36.1 Å². The van der Waals surface area contributed by atoms with E-state index in [1.165, 1.54) is 24.3 Å². The average Bonchev–Trinajstić information content (AvgIpc) is 3.72. The van der Waals surface area contributed by atoms with Crippen molar-refractivity contribution < 1.29 is 27.2 Å². The molecular formula is C33H34F4N6O2. The normalized spacial score (nSPS) is 14.5. The molecule has 1 fully saturated rings. The van der Waals surface area contributed by atoms with Gasteiger partial charge < -0.3 is 16.4 Å². The first-order valence-corrected chi connectivity index (χ1v) is 14.8. The van der Waals surface area contributed by atoms with Crippen LogP contribution < -0.4 is 16.4 Å². The summed E-state index contributed by atoms with van der Waals surface area (Å²) in [5, 5.41) is 9.07. The minimum atomic E-state index is -4.82. The molecule has 0 aliphatic heterocycles. The second-order valence-electron chi connectivity index (χ2n) is 11.4. The fourth-order valence-corrected chi connectivity index (χ4v) is 5.32. The Labute approximate surface area is 258 Å². The number of anilines is 1. The van der Waals surface area contributed by atoms with Crippen LogP contribution in [-0.4, -0.2) is 33.1 Å². The quantitative estimate of drug-likeness (QED) is 0.163. The number of benzene rings is 2. The molecule has 12 heteroatoms. The van der Waals surface area contributed by atoms with Crippen LogP contribution in [0.4, 0.5) is 23.2 Å². The van der Waals surface area contributed by atoms with Crippen molar-refractivity contribution in [3.05, 3.63) is 107 Å². The monoisotopic (exact) mass is 622 g/mol. The van der Waals surface area contributed by atoms with Crippen molar-refractivity contribution in [3.63, 3.8) is 0 Å². The van der Waals surface area contributed by atoms with Crippen LogP contribution >= 0.6 is 0 Å². The highest BCUT2D eigenvalue weighted by molar-refractivity contribution is 6.03. The van der Waals surface area contributed by atoms with E-state index in [4.69, 9.17) is 5.73 Å². The third kappa shape index (κ3) is 7.93. The molecule has 2 atom stereocenters. The molecule has 2 amide bonds. The summed E-state index contributed by atoms with van der Waals surface area (Å²) in [4.78, 5) is 30.3. The Balaban J connectivity index is 1.40. The molecule has 0 saturated heterocycles. The number of hydrogen-bond donors (Lipinski definition) is 3. The zero-order valence-electron chi connectivity index (χ0n) is 24.7. The van der Waals surface area contributed by atoms with Crippen LogP contribution in [0, 0.1) is 17.7 Å². The van der Waals surface area contributed by atoms with Crippen molar-refractivity contribution in [1.82, 2.24) is 20.1 Å². The molecule has 4 aromatic rings. The number of aromatic nitrogens is 3. The second-order valence-corrected chi connectivity index (χ2v) is 11.4. The van der Waals surface area contributed by atoms with E-state index < -0.39 is 29.3 Å². The second kappa shape index (κ2) is 13.6. The molecule has 0 radical (unpaired) electrons. The van der Waals surface area contributed by atoms with Crippen molar-refractivity contribution in [3.8, 4) is 5.69 Å². The minimum Gasteiger partial charge on any atom is -0.356 e. The number of nitrogens with zero attached hydrogens (tertiary/aromatic N) is 3. The van der Waals surface area contributed by atoms with Crippen LogP contribution in [0.15, 0.2) is 73.1 Å². The summed E-state index contributed by atoms with van der Waals surface area (Å²) in [6, 6.07) is 14.8. The van der Waals surface area contributed by atoms with E-state index in [1.807, 2.05) is 13.0 Å². The molecule has 1 aliphatic rings. The number of alkyl halides is 3. The number of nitrogens with one attached hydrogen (secondary N) is 2. The molecule has 8 nitrogen and oxygen atoms in total. The van der Waals surface area contributed by atoms with Crippen molar-refractivity contribution in [1.29, 1.82) is 0 Å². The Morgan fingerprint density at radius 2 is 1.87 bits per heavy atom. The molecular weight excluding hydrogens is 588 g/mol. The molecule has 45 heavy (non-hydrogen) atoms. The minimum absolute atomic E-state index is 0.0225. The number of carbonyl (C=O) groups excluding carboxylic acids is 2.